The fourth-order valence-electron chi connectivity index (χ4n) is 6.53. The van der Waals surface area contributed by atoms with E-state index in [-0.39, 0.29) is 0 Å². The largest absolute Gasteiger partial charge is 0.264 e. The number of rotatable bonds is 4. The lowest BCUT2D eigenvalue weighted by Gasteiger charge is -2.20. The molecule has 0 fully saturated rings. The minimum Gasteiger partial charge on any atom is -0.264 e. The van der Waals surface area contributed by atoms with Crippen LogP contribution in [0.1, 0.15) is 22.3 Å². The van der Waals surface area contributed by atoms with E-state index in [0.29, 0.717) is 0 Å². The van der Waals surface area contributed by atoms with E-state index >= 15 is 0 Å². The normalized spacial score (nSPS) is 12.4. The highest BCUT2D eigenvalue weighted by Crippen LogP contribution is 2.38. The second-order valence-electron chi connectivity index (χ2n) is 12.0. The minimum absolute atomic E-state index is 0.883. The summed E-state index contributed by atoms with van der Waals surface area (Å²) in [5, 5.41) is 4.56. The predicted molar refractivity (Wildman–Crippen MR) is 198 cm³/mol. The van der Waals surface area contributed by atoms with Gasteiger partial charge in [0.05, 0.1) is 22.8 Å². The highest BCUT2D eigenvalue weighted by molar-refractivity contribution is 6.24. The first-order valence-electron chi connectivity index (χ1n) is 16.0. The van der Waals surface area contributed by atoms with Crippen molar-refractivity contribution in [1.29, 1.82) is 0 Å². The third-order valence-electron chi connectivity index (χ3n) is 9.01. The van der Waals surface area contributed by atoms with Gasteiger partial charge >= 0.3 is 0 Å². The molecule has 0 spiro atoms. The Labute approximate surface area is 278 Å². The van der Waals surface area contributed by atoms with Crippen molar-refractivity contribution in [3.05, 3.63) is 193 Å². The van der Waals surface area contributed by atoms with E-state index in [9.17, 15) is 0 Å². The molecular formula is C44H28N4. The number of nitrogens with zero attached hydrogens (tertiary/aromatic N) is 4. The van der Waals surface area contributed by atoms with Gasteiger partial charge in [-0.2, -0.15) is 0 Å². The molecule has 3 heterocycles. The number of benzene rings is 6. The third-order valence-corrected chi connectivity index (χ3v) is 9.01. The Morgan fingerprint density at radius 3 is 1.06 bits per heavy atom. The quantitative estimate of drug-likeness (QED) is 0.199. The van der Waals surface area contributed by atoms with E-state index < -0.39 is 0 Å². The first-order chi connectivity index (χ1) is 23.8. The van der Waals surface area contributed by atoms with Gasteiger partial charge in [-0.3, -0.25) is 9.97 Å². The Balaban J connectivity index is 1.29. The monoisotopic (exact) mass is 612 g/mol. The van der Waals surface area contributed by atoms with Crippen LogP contribution in [0.4, 0.5) is 11.4 Å². The molecule has 0 amide bonds. The number of aliphatic imine (C=N–C) groups is 2. The van der Waals surface area contributed by atoms with Crippen molar-refractivity contribution in [2.24, 2.45) is 9.98 Å². The third kappa shape index (κ3) is 5.06. The molecule has 224 valence electrons. The van der Waals surface area contributed by atoms with E-state index in [1.807, 2.05) is 24.5 Å². The van der Waals surface area contributed by atoms with E-state index in [0.717, 1.165) is 88.9 Å². The lowest BCUT2D eigenvalue weighted by atomic mass is 9.92. The number of aromatic nitrogens is 2. The lowest BCUT2D eigenvalue weighted by Crippen LogP contribution is -2.10. The molecule has 48 heavy (non-hydrogen) atoms. The standard InChI is InChI=1S/C44H28N4/c1-3-9-35-25-41-39(23-33(35)7-1)43(31-17-13-29(14-18-31)37-11-5-21-45-27-37)48-42-26-36-10-4-2-8-34(36)24-40(42)44(47-41)32-19-15-30(16-20-32)38-12-6-22-46-28-38/h1-28H. The van der Waals surface area contributed by atoms with E-state index in [1.54, 1.807) is 12.4 Å². The molecule has 2 aromatic heterocycles. The Hall–Kier alpha value is -6.52. The van der Waals surface area contributed by atoms with Crippen LogP contribution in [0.2, 0.25) is 0 Å². The number of hydrogen-bond acceptors (Lipinski definition) is 4. The van der Waals surface area contributed by atoms with Crippen molar-refractivity contribution in [1.82, 2.24) is 9.97 Å². The van der Waals surface area contributed by atoms with Crippen molar-refractivity contribution in [2.45, 2.75) is 0 Å². The number of hydrogen-bond donors (Lipinski definition) is 0. The average molecular weight is 613 g/mol. The number of fused-ring (bicyclic) bond motifs is 4. The average Bonchev–Trinajstić information content (AvgIpc) is 3.16. The van der Waals surface area contributed by atoms with Crippen molar-refractivity contribution in [3.63, 3.8) is 0 Å². The van der Waals surface area contributed by atoms with Gasteiger partial charge in [-0.15, -0.1) is 0 Å². The summed E-state index contributed by atoms with van der Waals surface area (Å²) in [6.07, 6.45) is 7.39. The summed E-state index contributed by atoms with van der Waals surface area (Å²) in [6, 6.07) is 51.1. The molecule has 8 aromatic rings. The summed E-state index contributed by atoms with van der Waals surface area (Å²) < 4.78 is 0. The van der Waals surface area contributed by atoms with Gasteiger partial charge in [0.2, 0.25) is 0 Å². The Morgan fingerprint density at radius 1 is 0.312 bits per heavy atom. The van der Waals surface area contributed by atoms with Gasteiger partial charge in [0.1, 0.15) is 0 Å². The van der Waals surface area contributed by atoms with Crippen molar-refractivity contribution >= 4 is 44.3 Å². The van der Waals surface area contributed by atoms with E-state index in [2.05, 4.69) is 143 Å². The zero-order chi connectivity index (χ0) is 31.9. The molecule has 0 unspecified atom stereocenters. The second kappa shape index (κ2) is 11.7. The summed E-state index contributed by atoms with van der Waals surface area (Å²) in [4.78, 5) is 19.7. The zero-order valence-corrected chi connectivity index (χ0v) is 26.0. The lowest BCUT2D eigenvalue weighted by molar-refractivity contribution is 1.33. The smallest absolute Gasteiger partial charge is 0.0803 e. The fourth-order valence-corrected chi connectivity index (χ4v) is 6.53. The Kier molecular flexibility index (Phi) is 6.76. The maximum atomic E-state index is 5.53. The van der Waals surface area contributed by atoms with Crippen molar-refractivity contribution in [2.75, 3.05) is 0 Å². The Bertz CT molecular complexity index is 2340. The first kappa shape index (κ1) is 27.8. The fraction of sp³-hybridized carbons (Fsp3) is 0. The van der Waals surface area contributed by atoms with Crippen LogP contribution in [-0.4, -0.2) is 21.4 Å². The van der Waals surface area contributed by atoms with Crippen LogP contribution in [0, 0.1) is 0 Å². The van der Waals surface area contributed by atoms with Gasteiger partial charge in [-0.05, 0) is 80.2 Å². The summed E-state index contributed by atoms with van der Waals surface area (Å²) >= 11 is 0. The molecule has 0 saturated heterocycles. The van der Waals surface area contributed by atoms with Crippen LogP contribution < -0.4 is 0 Å². The molecule has 6 aromatic carbocycles. The van der Waals surface area contributed by atoms with E-state index in [1.165, 1.54) is 0 Å². The maximum absolute atomic E-state index is 5.53. The van der Waals surface area contributed by atoms with Crippen LogP contribution >= 0.6 is 0 Å². The van der Waals surface area contributed by atoms with E-state index in [4.69, 9.17) is 9.98 Å². The second-order valence-corrected chi connectivity index (χ2v) is 12.0. The van der Waals surface area contributed by atoms with Crippen LogP contribution in [0.25, 0.3) is 43.8 Å². The molecule has 0 saturated carbocycles. The molecule has 0 atom stereocenters. The molecule has 9 rings (SSSR count). The molecule has 4 nitrogen and oxygen atoms in total. The molecule has 0 aliphatic carbocycles. The van der Waals surface area contributed by atoms with Crippen LogP contribution in [-0.2, 0) is 0 Å². The topological polar surface area (TPSA) is 50.5 Å². The minimum atomic E-state index is 0.883. The van der Waals surface area contributed by atoms with Gasteiger partial charge in [0.15, 0.2) is 0 Å². The molecule has 0 N–H and O–H groups in total. The number of pyridine rings is 2. The van der Waals surface area contributed by atoms with Crippen LogP contribution in [0.5, 0.6) is 0 Å². The van der Waals surface area contributed by atoms with Crippen molar-refractivity contribution < 1.29 is 0 Å². The molecule has 4 heteroatoms. The summed E-state index contributed by atoms with van der Waals surface area (Å²) in [5.74, 6) is 0. The predicted octanol–water partition coefficient (Wildman–Crippen LogP) is 10.8. The molecule has 1 aliphatic heterocycles. The SMILES string of the molecule is c1cncc(-c2ccc(C3=Nc4cc5ccccc5cc4C(c4ccc(-c5cccnc5)cc4)=Nc4cc5ccccc5cc43)cc2)c1. The zero-order valence-electron chi connectivity index (χ0n) is 26.0. The summed E-state index contributed by atoms with van der Waals surface area (Å²) in [7, 11) is 0. The first-order valence-corrected chi connectivity index (χ1v) is 16.0. The Morgan fingerprint density at radius 2 is 0.688 bits per heavy atom. The van der Waals surface area contributed by atoms with Gasteiger partial charge < -0.3 is 0 Å². The highest BCUT2D eigenvalue weighted by Gasteiger charge is 2.22. The van der Waals surface area contributed by atoms with Crippen molar-refractivity contribution in [3.8, 4) is 22.3 Å². The van der Waals surface area contributed by atoms with Gasteiger partial charge in [0.25, 0.3) is 0 Å². The summed E-state index contributed by atoms with van der Waals surface area (Å²) in [6.45, 7) is 0. The molecular weight excluding hydrogens is 585 g/mol. The van der Waals surface area contributed by atoms with Crippen LogP contribution in [0.3, 0.4) is 0 Å². The molecule has 0 bridgehead atoms. The molecule has 1 aliphatic rings. The van der Waals surface area contributed by atoms with Gasteiger partial charge in [-0.1, -0.05) is 109 Å². The van der Waals surface area contributed by atoms with Gasteiger partial charge in [0, 0.05) is 47.0 Å². The summed E-state index contributed by atoms with van der Waals surface area (Å²) in [5.41, 5.74) is 12.0. The molecule has 0 radical (unpaired) electrons. The highest BCUT2D eigenvalue weighted by atomic mass is 14.8. The van der Waals surface area contributed by atoms with Gasteiger partial charge in [-0.25, -0.2) is 9.98 Å². The van der Waals surface area contributed by atoms with Crippen LogP contribution in [0.15, 0.2) is 180 Å². The maximum Gasteiger partial charge on any atom is 0.0803 e.